The molecule has 0 fully saturated rings. The Balaban J connectivity index is 0.000000151. The van der Waals surface area contributed by atoms with Gasteiger partial charge in [0.15, 0.2) is 0 Å². The summed E-state index contributed by atoms with van der Waals surface area (Å²) in [4.78, 5) is 45.6. The van der Waals surface area contributed by atoms with Crippen molar-refractivity contribution in [3.05, 3.63) is 195 Å². The van der Waals surface area contributed by atoms with E-state index in [4.69, 9.17) is 14.2 Å². The number of para-hydroxylation sites is 1. The van der Waals surface area contributed by atoms with E-state index in [1.807, 2.05) is 44.2 Å². The van der Waals surface area contributed by atoms with Gasteiger partial charge in [-0.05, 0) is 186 Å². The number of amides is 3. The summed E-state index contributed by atoms with van der Waals surface area (Å²) in [5.41, 5.74) is 17.2. The smallest absolute Gasteiger partial charge is 0.256 e. The third kappa shape index (κ3) is 15.7. The fourth-order valence-corrected chi connectivity index (χ4v) is 13.2. The van der Waals surface area contributed by atoms with E-state index in [1.165, 1.54) is 52.0 Å². The minimum absolute atomic E-state index is 0.0111. The lowest BCUT2D eigenvalue weighted by atomic mass is 9.92. The molecule has 92 heavy (non-hydrogen) atoms. The van der Waals surface area contributed by atoms with Gasteiger partial charge >= 0.3 is 0 Å². The van der Waals surface area contributed by atoms with Crippen LogP contribution in [-0.4, -0.2) is 116 Å². The third-order valence-corrected chi connectivity index (χ3v) is 18.7. The number of rotatable bonds is 18. The molecule has 6 aliphatic heterocycles. The first-order chi connectivity index (χ1) is 44.5. The summed E-state index contributed by atoms with van der Waals surface area (Å²) in [5, 5.41) is 19.0. The molecular weight excluding hydrogens is 1160 g/mol. The number of halogens is 2. The van der Waals surface area contributed by atoms with Gasteiger partial charge in [-0.2, -0.15) is 0 Å². The number of ether oxygens (including phenoxy) is 3. The molecule has 0 aliphatic carbocycles. The lowest BCUT2D eigenvalue weighted by molar-refractivity contribution is 0.0942. The second-order valence-corrected chi connectivity index (χ2v) is 25.0. The van der Waals surface area contributed by atoms with Crippen molar-refractivity contribution in [2.45, 2.75) is 116 Å². The Kier molecular flexibility index (Phi) is 21.8. The van der Waals surface area contributed by atoms with E-state index in [9.17, 15) is 23.2 Å². The summed E-state index contributed by atoms with van der Waals surface area (Å²) < 4.78 is 44.8. The molecule has 0 spiro atoms. The predicted molar refractivity (Wildman–Crippen MR) is 368 cm³/mol. The molecule has 0 saturated heterocycles. The van der Waals surface area contributed by atoms with Crippen LogP contribution in [0.5, 0.6) is 17.2 Å². The highest BCUT2D eigenvalue weighted by Gasteiger charge is 2.29. The molecule has 3 unspecified atom stereocenters. The van der Waals surface area contributed by atoms with E-state index in [2.05, 4.69) is 116 Å². The maximum atomic E-state index is 14.5. The van der Waals surface area contributed by atoms with Crippen molar-refractivity contribution in [3.8, 4) is 17.2 Å². The van der Waals surface area contributed by atoms with Crippen LogP contribution in [0.4, 0.5) is 42.9 Å². The lowest BCUT2D eigenvalue weighted by Gasteiger charge is -2.31. The van der Waals surface area contributed by atoms with Crippen LogP contribution in [-0.2, 0) is 38.5 Å². The fourth-order valence-electron chi connectivity index (χ4n) is 13.2. The minimum atomic E-state index is -0.500. The highest BCUT2D eigenvalue weighted by molar-refractivity contribution is 6.02. The highest BCUT2D eigenvalue weighted by atomic mass is 19.1. The van der Waals surface area contributed by atoms with Crippen molar-refractivity contribution in [1.29, 1.82) is 0 Å². The maximum Gasteiger partial charge on any atom is 0.256 e. The molecule has 12 rings (SSSR count). The van der Waals surface area contributed by atoms with Gasteiger partial charge in [-0.3, -0.25) is 14.4 Å². The Morgan fingerprint density at radius 1 is 0.478 bits per heavy atom. The van der Waals surface area contributed by atoms with E-state index in [0.29, 0.717) is 43.7 Å². The van der Waals surface area contributed by atoms with Crippen LogP contribution in [0.15, 0.2) is 134 Å². The summed E-state index contributed by atoms with van der Waals surface area (Å²) >= 11 is 0. The van der Waals surface area contributed by atoms with Crippen LogP contribution >= 0.6 is 0 Å². The maximum absolute atomic E-state index is 14.5. The number of aryl methyl sites for hydroxylation is 3. The van der Waals surface area contributed by atoms with E-state index in [0.717, 1.165) is 171 Å². The molecule has 0 saturated carbocycles. The van der Waals surface area contributed by atoms with Crippen LogP contribution in [0.1, 0.15) is 124 Å². The molecule has 0 radical (unpaired) electrons. The summed E-state index contributed by atoms with van der Waals surface area (Å²) in [6, 6.07) is 30.9. The van der Waals surface area contributed by atoms with E-state index in [-0.39, 0.29) is 41.4 Å². The first-order valence-electron chi connectivity index (χ1n) is 32.7. The fraction of sp³-hybridized carbons (Fsp3) is 0.400. The highest BCUT2D eigenvalue weighted by Crippen LogP contribution is 2.37. The Bertz CT molecular complexity index is 3720. The number of carbonyl (C=O) groups excluding carboxylic acids is 3. The Morgan fingerprint density at radius 2 is 0.913 bits per heavy atom. The Morgan fingerprint density at radius 3 is 1.46 bits per heavy atom. The van der Waals surface area contributed by atoms with E-state index >= 15 is 0 Å². The standard InChI is InChI=1S/2C25H30FN3O2.C25H31N3O2/c1-16-14-19-8-10-21(26)23(24(19)28-17(16)2)25(30)27-11-5-13-29-12-4-6-18-7-9-20(31-3)15-22(18)29;1-16-12-19-13-20(26)14-22(24(19)28-17(16)2)25(30)27-9-5-11-29-10-4-6-18-7-8-21(31-3)15-23(18)29;1-17-15-20-7-4-9-22(24(20)27-18(17)2)25(29)26-12-6-14-28-13-5-8-19-16-21(30-3)10-11-23(19)28/h7-10,15,17,28H,1,4-6,11-14H2,2-3H3,(H,27,30);7-8,13-15,17,28H,1,4-6,9-12H2,2-3H3,(H,27,30);4,7,9-11,16,18,27H,1,5-6,8,12-15H2,2-3H3,(H,26,29). The van der Waals surface area contributed by atoms with Gasteiger partial charge in [0.2, 0.25) is 0 Å². The molecule has 6 heterocycles. The van der Waals surface area contributed by atoms with Crippen molar-refractivity contribution in [2.75, 3.05) is 111 Å². The number of anilines is 6. The molecule has 486 valence electrons. The third-order valence-electron chi connectivity index (χ3n) is 18.7. The molecule has 17 heteroatoms. The number of hydrogen-bond acceptors (Lipinski definition) is 12. The lowest BCUT2D eigenvalue weighted by Crippen LogP contribution is -2.34. The topological polar surface area (TPSA) is 161 Å². The van der Waals surface area contributed by atoms with Gasteiger partial charge in [-0.25, -0.2) is 8.78 Å². The number of nitrogens with one attached hydrogen (secondary N) is 6. The number of fused-ring (bicyclic) bond motifs is 6. The largest absolute Gasteiger partial charge is 0.497 e. The van der Waals surface area contributed by atoms with Crippen LogP contribution in [0.25, 0.3) is 0 Å². The van der Waals surface area contributed by atoms with Gasteiger partial charge in [0.1, 0.15) is 28.9 Å². The number of carbonyl (C=O) groups is 3. The van der Waals surface area contributed by atoms with Gasteiger partial charge in [-0.1, -0.05) is 66.8 Å². The number of benzene rings is 6. The molecule has 6 aromatic carbocycles. The molecule has 6 N–H and O–H groups in total. The van der Waals surface area contributed by atoms with Gasteiger partial charge in [-0.15, -0.1) is 0 Å². The van der Waals surface area contributed by atoms with Crippen LogP contribution in [0.3, 0.4) is 0 Å². The number of nitrogens with zero attached hydrogens (tertiary/aromatic N) is 3. The zero-order valence-electron chi connectivity index (χ0n) is 54.5. The Hall–Kier alpha value is -8.99. The van der Waals surface area contributed by atoms with Crippen molar-refractivity contribution < 1.29 is 37.4 Å². The van der Waals surface area contributed by atoms with Gasteiger partial charge < -0.3 is 60.8 Å². The summed E-state index contributed by atoms with van der Waals surface area (Å²) in [6.07, 6.45) is 11.2. The molecule has 0 aromatic heterocycles. The quantitative estimate of drug-likeness (QED) is 0.0358. The zero-order valence-corrected chi connectivity index (χ0v) is 54.5. The first-order valence-corrected chi connectivity index (χ1v) is 32.7. The van der Waals surface area contributed by atoms with Crippen molar-refractivity contribution in [1.82, 2.24) is 16.0 Å². The van der Waals surface area contributed by atoms with Crippen LogP contribution in [0, 0.1) is 11.6 Å². The molecular formula is C75H91F2N9O6. The average molecular weight is 1250 g/mol. The molecule has 6 aromatic rings. The molecule has 15 nitrogen and oxygen atoms in total. The summed E-state index contributed by atoms with van der Waals surface area (Å²) in [7, 11) is 5.07. The normalized spacial score (nSPS) is 17.5. The SMILES string of the molecule is C=C1Cc2cc(F)cc(C(=O)NCCCN3CCCc4ccc(OC)cc43)c2NC1C.C=C1Cc2ccc(F)c(C(=O)NCCCN3CCCc4ccc(OC)cc43)c2NC1C.C=C1Cc2cccc(C(=O)NCCCN3CCCc4cc(OC)ccc43)c2NC1C. The van der Waals surface area contributed by atoms with Crippen molar-refractivity contribution in [3.63, 3.8) is 0 Å². The molecule has 0 bridgehead atoms. The number of hydrogen-bond donors (Lipinski definition) is 6. The zero-order chi connectivity index (χ0) is 65.0. The second kappa shape index (κ2) is 30.4. The average Bonchev–Trinajstić information content (AvgIpc) is 0.958. The number of methoxy groups -OCH3 is 3. The van der Waals surface area contributed by atoms with Crippen LogP contribution in [0.2, 0.25) is 0 Å². The van der Waals surface area contributed by atoms with E-state index < -0.39 is 11.6 Å². The van der Waals surface area contributed by atoms with E-state index in [1.54, 1.807) is 27.4 Å². The second-order valence-electron chi connectivity index (χ2n) is 25.0. The van der Waals surface area contributed by atoms with Crippen molar-refractivity contribution in [2.24, 2.45) is 0 Å². The molecule has 3 atom stereocenters. The molecule has 3 amide bonds. The predicted octanol–water partition coefficient (Wildman–Crippen LogP) is 12.8. The summed E-state index contributed by atoms with van der Waals surface area (Å²) in [5.74, 6) is 1.11. The van der Waals surface area contributed by atoms with Gasteiger partial charge in [0, 0.05) is 106 Å². The molecule has 6 aliphatic rings. The monoisotopic (exact) mass is 1250 g/mol. The Labute approximate surface area is 542 Å². The van der Waals surface area contributed by atoms with Gasteiger partial charge in [0.25, 0.3) is 17.7 Å². The summed E-state index contributed by atoms with van der Waals surface area (Å²) in [6.45, 7) is 25.6. The van der Waals surface area contributed by atoms with Crippen molar-refractivity contribution >= 4 is 51.8 Å². The van der Waals surface area contributed by atoms with Crippen LogP contribution < -0.4 is 60.8 Å². The first kappa shape index (κ1) is 65.9. The minimum Gasteiger partial charge on any atom is -0.497 e. The van der Waals surface area contributed by atoms with Gasteiger partial charge in [0.05, 0.1) is 55.1 Å².